The lowest BCUT2D eigenvalue weighted by molar-refractivity contribution is -0.116. The molecule has 1 aromatic heterocycles. The first-order chi connectivity index (χ1) is 11.1. The summed E-state index contributed by atoms with van der Waals surface area (Å²) in [6, 6.07) is 2.37. The predicted octanol–water partition coefficient (Wildman–Crippen LogP) is 2.67. The van der Waals surface area contributed by atoms with Crippen molar-refractivity contribution in [2.24, 2.45) is 5.73 Å². The summed E-state index contributed by atoms with van der Waals surface area (Å²) in [5.41, 5.74) is 7.61. The first kappa shape index (κ1) is 15.3. The van der Waals surface area contributed by atoms with E-state index in [9.17, 15) is 10.1 Å². The van der Waals surface area contributed by atoms with E-state index in [0.29, 0.717) is 29.7 Å². The second kappa shape index (κ2) is 5.92. The van der Waals surface area contributed by atoms with Crippen molar-refractivity contribution < 1.29 is 9.53 Å². The molecule has 2 heterocycles. The summed E-state index contributed by atoms with van der Waals surface area (Å²) in [5.74, 6) is 0.281. The van der Waals surface area contributed by atoms with Gasteiger partial charge in [-0.25, -0.2) is 0 Å². The standard InChI is InChI=1S/C17H20N4O2/c1-3-10(2)21-9-11(8-20-21)15-12(7-18)17(19)23-14-6-4-5-13(22)16(14)15/h8-10,15H,3-6,19H2,1-2H3/t10-,15-/m1/s1. The highest BCUT2D eigenvalue weighted by atomic mass is 16.5. The van der Waals surface area contributed by atoms with Crippen LogP contribution < -0.4 is 5.73 Å². The normalized spacial score (nSPS) is 22.5. The largest absolute Gasteiger partial charge is 0.444 e. The number of nitriles is 1. The fourth-order valence-electron chi connectivity index (χ4n) is 3.12. The SMILES string of the molecule is CC[C@@H](C)n1cc([C@@H]2C(C#N)=C(N)OC3=C2C(=O)CCC3)cn1. The van der Waals surface area contributed by atoms with Gasteiger partial charge in [0.15, 0.2) is 5.78 Å². The smallest absolute Gasteiger partial charge is 0.205 e. The van der Waals surface area contributed by atoms with Crippen LogP contribution in [0.3, 0.4) is 0 Å². The maximum absolute atomic E-state index is 12.4. The number of aromatic nitrogens is 2. The Hall–Kier alpha value is -2.55. The van der Waals surface area contributed by atoms with Crippen LogP contribution in [-0.4, -0.2) is 15.6 Å². The Balaban J connectivity index is 2.10. The molecular formula is C17H20N4O2. The molecule has 0 bridgehead atoms. The maximum atomic E-state index is 12.4. The second-order valence-corrected chi connectivity index (χ2v) is 6.05. The monoisotopic (exact) mass is 312 g/mol. The minimum atomic E-state index is -0.464. The number of carbonyl (C=O) groups excluding carboxylic acids is 1. The Kier molecular flexibility index (Phi) is 3.95. The van der Waals surface area contributed by atoms with Crippen molar-refractivity contribution in [2.75, 3.05) is 0 Å². The summed E-state index contributed by atoms with van der Waals surface area (Å²) in [4.78, 5) is 12.4. The highest BCUT2D eigenvalue weighted by Crippen LogP contribution is 2.43. The molecule has 0 amide bonds. The number of hydrogen-bond donors (Lipinski definition) is 1. The van der Waals surface area contributed by atoms with Gasteiger partial charge in [-0.3, -0.25) is 9.48 Å². The molecule has 6 heteroatoms. The predicted molar refractivity (Wildman–Crippen MR) is 83.8 cm³/mol. The van der Waals surface area contributed by atoms with Gasteiger partial charge in [0.2, 0.25) is 5.88 Å². The van der Waals surface area contributed by atoms with Crippen LogP contribution in [0.5, 0.6) is 0 Å². The number of carbonyl (C=O) groups is 1. The van der Waals surface area contributed by atoms with E-state index < -0.39 is 5.92 Å². The molecule has 2 aliphatic rings. The number of allylic oxidation sites excluding steroid dienone is 3. The third-order valence-electron chi connectivity index (χ3n) is 4.60. The molecule has 0 spiro atoms. The van der Waals surface area contributed by atoms with Crippen LogP contribution in [0.4, 0.5) is 0 Å². The molecular weight excluding hydrogens is 292 g/mol. The zero-order valence-corrected chi connectivity index (χ0v) is 13.4. The molecule has 1 aliphatic carbocycles. The van der Waals surface area contributed by atoms with Crippen molar-refractivity contribution in [3.8, 4) is 6.07 Å². The number of nitrogens with zero attached hydrogens (tertiary/aromatic N) is 3. The number of hydrogen-bond acceptors (Lipinski definition) is 5. The molecule has 23 heavy (non-hydrogen) atoms. The van der Waals surface area contributed by atoms with Gasteiger partial charge in [0.25, 0.3) is 0 Å². The van der Waals surface area contributed by atoms with Crippen molar-refractivity contribution in [3.63, 3.8) is 0 Å². The lowest BCUT2D eigenvalue weighted by atomic mass is 9.78. The maximum Gasteiger partial charge on any atom is 0.205 e. The molecule has 0 aromatic carbocycles. The molecule has 2 atom stereocenters. The third kappa shape index (κ3) is 2.52. The number of rotatable bonds is 3. The Bertz CT molecular complexity index is 751. The summed E-state index contributed by atoms with van der Waals surface area (Å²) in [6.45, 7) is 4.16. The average Bonchev–Trinajstić information content (AvgIpc) is 3.02. The first-order valence-electron chi connectivity index (χ1n) is 7.94. The van der Waals surface area contributed by atoms with Gasteiger partial charge in [-0.15, -0.1) is 0 Å². The number of nitrogens with two attached hydrogens (primary N) is 1. The Morgan fingerprint density at radius 1 is 1.57 bits per heavy atom. The molecule has 2 N–H and O–H groups in total. The topological polar surface area (TPSA) is 93.9 Å². The lowest BCUT2D eigenvalue weighted by Gasteiger charge is -2.30. The van der Waals surface area contributed by atoms with Gasteiger partial charge < -0.3 is 10.5 Å². The van der Waals surface area contributed by atoms with Crippen LogP contribution >= 0.6 is 0 Å². The van der Waals surface area contributed by atoms with E-state index in [4.69, 9.17) is 10.5 Å². The van der Waals surface area contributed by atoms with E-state index in [1.165, 1.54) is 0 Å². The molecule has 0 fully saturated rings. The van der Waals surface area contributed by atoms with E-state index in [0.717, 1.165) is 18.4 Å². The Morgan fingerprint density at radius 3 is 3.04 bits per heavy atom. The van der Waals surface area contributed by atoms with Crippen molar-refractivity contribution in [1.82, 2.24) is 9.78 Å². The van der Waals surface area contributed by atoms with E-state index >= 15 is 0 Å². The fourth-order valence-corrected chi connectivity index (χ4v) is 3.12. The Morgan fingerprint density at radius 2 is 2.35 bits per heavy atom. The third-order valence-corrected chi connectivity index (χ3v) is 4.60. The summed E-state index contributed by atoms with van der Waals surface area (Å²) in [7, 11) is 0. The van der Waals surface area contributed by atoms with Gasteiger partial charge in [-0.05, 0) is 19.8 Å². The zero-order valence-electron chi connectivity index (χ0n) is 13.4. The molecule has 6 nitrogen and oxygen atoms in total. The molecule has 0 unspecified atom stereocenters. The quantitative estimate of drug-likeness (QED) is 0.926. The molecule has 1 aliphatic heterocycles. The molecule has 1 aromatic rings. The van der Waals surface area contributed by atoms with Gasteiger partial charge in [0, 0.05) is 36.2 Å². The van der Waals surface area contributed by atoms with Gasteiger partial charge in [0.1, 0.15) is 17.4 Å². The van der Waals surface area contributed by atoms with Crippen molar-refractivity contribution >= 4 is 5.78 Å². The summed E-state index contributed by atoms with van der Waals surface area (Å²) in [5, 5.41) is 13.9. The van der Waals surface area contributed by atoms with Crippen molar-refractivity contribution in [2.45, 2.75) is 51.5 Å². The minimum Gasteiger partial charge on any atom is -0.444 e. The fraction of sp³-hybridized carbons (Fsp3) is 0.471. The minimum absolute atomic E-state index is 0.0350. The second-order valence-electron chi connectivity index (χ2n) is 6.05. The van der Waals surface area contributed by atoms with E-state index in [1.807, 2.05) is 10.9 Å². The van der Waals surface area contributed by atoms with Crippen LogP contribution in [0.15, 0.2) is 35.2 Å². The molecule has 0 radical (unpaired) electrons. The van der Waals surface area contributed by atoms with E-state index in [2.05, 4.69) is 25.0 Å². The molecule has 0 saturated heterocycles. The van der Waals surface area contributed by atoms with Crippen LogP contribution in [-0.2, 0) is 9.53 Å². The summed E-state index contributed by atoms with van der Waals surface area (Å²) in [6.07, 6.45) is 6.49. The number of ether oxygens (including phenoxy) is 1. The van der Waals surface area contributed by atoms with Crippen LogP contribution in [0, 0.1) is 11.3 Å². The Labute approximate surface area is 135 Å². The zero-order chi connectivity index (χ0) is 16.6. The van der Waals surface area contributed by atoms with Crippen molar-refractivity contribution in [1.29, 1.82) is 5.26 Å². The number of ketones is 1. The van der Waals surface area contributed by atoms with Gasteiger partial charge in [-0.1, -0.05) is 6.92 Å². The molecule has 3 rings (SSSR count). The van der Waals surface area contributed by atoms with Crippen molar-refractivity contribution in [3.05, 3.63) is 40.7 Å². The highest BCUT2D eigenvalue weighted by molar-refractivity contribution is 5.99. The number of Topliss-reactive ketones (excluding diaryl/α,β-unsaturated/α-hetero) is 1. The van der Waals surface area contributed by atoms with Crippen LogP contribution in [0.2, 0.25) is 0 Å². The highest BCUT2D eigenvalue weighted by Gasteiger charge is 2.38. The van der Waals surface area contributed by atoms with Gasteiger partial charge >= 0.3 is 0 Å². The molecule has 0 saturated carbocycles. The molecule has 120 valence electrons. The van der Waals surface area contributed by atoms with Gasteiger partial charge in [0.05, 0.1) is 12.1 Å². The van der Waals surface area contributed by atoms with E-state index in [-0.39, 0.29) is 17.7 Å². The first-order valence-corrected chi connectivity index (χ1v) is 7.94. The van der Waals surface area contributed by atoms with Gasteiger partial charge in [-0.2, -0.15) is 10.4 Å². The summed E-state index contributed by atoms with van der Waals surface area (Å²) < 4.78 is 7.42. The van der Waals surface area contributed by atoms with Crippen LogP contribution in [0.1, 0.15) is 57.1 Å². The summed E-state index contributed by atoms with van der Waals surface area (Å²) >= 11 is 0. The lowest BCUT2D eigenvalue weighted by Crippen LogP contribution is -2.27. The van der Waals surface area contributed by atoms with E-state index in [1.54, 1.807) is 6.20 Å². The van der Waals surface area contributed by atoms with Crippen LogP contribution in [0.25, 0.3) is 0 Å². The average molecular weight is 312 g/mol.